The van der Waals surface area contributed by atoms with Gasteiger partial charge in [-0.1, -0.05) is 6.92 Å². The summed E-state index contributed by atoms with van der Waals surface area (Å²) >= 11 is 0. The number of nitrogens with zero attached hydrogens (tertiary/aromatic N) is 5. The third-order valence-electron chi connectivity index (χ3n) is 4.30. The number of fused-ring (bicyclic) bond motifs is 1. The van der Waals surface area contributed by atoms with Crippen LogP contribution < -0.4 is 10.5 Å². The fourth-order valence-corrected chi connectivity index (χ4v) is 2.94. The molecule has 0 unspecified atom stereocenters. The highest BCUT2D eigenvalue weighted by molar-refractivity contribution is 5.76. The van der Waals surface area contributed by atoms with Crippen LogP contribution in [0.25, 0.3) is 11.0 Å². The minimum Gasteiger partial charge on any atom is -0.339 e. The minimum absolute atomic E-state index is 0.164. The van der Waals surface area contributed by atoms with Gasteiger partial charge in [-0.15, -0.1) is 0 Å². The molecular weight excluding hydrogens is 308 g/mol. The van der Waals surface area contributed by atoms with E-state index in [0.29, 0.717) is 49.6 Å². The number of aromatic nitrogens is 4. The molecule has 0 bridgehead atoms. The standard InChI is InChI=1S/C16H24N6O2/c1-5-12(23)20-6-8-21(9-7-20)15-18-13-11(14(24)19-15)10-17-22(13)16(2,3)4/h10H,5-9H2,1-4H3,(H,18,19,24). The topological polar surface area (TPSA) is 87.1 Å². The second kappa shape index (κ2) is 5.92. The van der Waals surface area contributed by atoms with Gasteiger partial charge in [0.15, 0.2) is 5.65 Å². The van der Waals surface area contributed by atoms with E-state index in [-0.39, 0.29) is 17.0 Å². The number of amides is 1. The Bertz CT molecular complexity index is 808. The van der Waals surface area contributed by atoms with Crippen LogP contribution in [-0.4, -0.2) is 56.7 Å². The summed E-state index contributed by atoms with van der Waals surface area (Å²) in [7, 11) is 0. The van der Waals surface area contributed by atoms with Crippen LogP contribution in [0.3, 0.4) is 0 Å². The quantitative estimate of drug-likeness (QED) is 0.884. The van der Waals surface area contributed by atoms with Crippen molar-refractivity contribution in [3.8, 4) is 0 Å². The molecule has 0 atom stereocenters. The summed E-state index contributed by atoms with van der Waals surface area (Å²) in [5.41, 5.74) is 0.150. The van der Waals surface area contributed by atoms with Crippen LogP contribution in [0.2, 0.25) is 0 Å². The van der Waals surface area contributed by atoms with Crippen molar-refractivity contribution in [3.63, 3.8) is 0 Å². The van der Waals surface area contributed by atoms with Crippen LogP contribution in [-0.2, 0) is 10.3 Å². The molecule has 1 saturated heterocycles. The highest BCUT2D eigenvalue weighted by Crippen LogP contribution is 2.20. The van der Waals surface area contributed by atoms with E-state index < -0.39 is 0 Å². The Morgan fingerprint density at radius 3 is 2.50 bits per heavy atom. The molecule has 0 radical (unpaired) electrons. The molecule has 0 saturated carbocycles. The van der Waals surface area contributed by atoms with Crippen LogP contribution >= 0.6 is 0 Å². The molecule has 1 aliphatic heterocycles. The van der Waals surface area contributed by atoms with Gasteiger partial charge in [0, 0.05) is 32.6 Å². The second-order valence-electron chi connectivity index (χ2n) is 7.08. The van der Waals surface area contributed by atoms with E-state index in [1.165, 1.54) is 0 Å². The molecule has 0 spiro atoms. The van der Waals surface area contributed by atoms with Crippen molar-refractivity contribution in [3.05, 3.63) is 16.6 Å². The molecule has 3 rings (SSSR count). The van der Waals surface area contributed by atoms with Crippen molar-refractivity contribution in [1.29, 1.82) is 0 Å². The van der Waals surface area contributed by atoms with Gasteiger partial charge in [-0.25, -0.2) is 4.68 Å². The van der Waals surface area contributed by atoms with Crippen molar-refractivity contribution in [1.82, 2.24) is 24.6 Å². The summed E-state index contributed by atoms with van der Waals surface area (Å²) < 4.78 is 1.78. The number of hydrogen-bond donors (Lipinski definition) is 1. The highest BCUT2D eigenvalue weighted by Gasteiger charge is 2.24. The maximum Gasteiger partial charge on any atom is 0.263 e. The Hall–Kier alpha value is -2.38. The van der Waals surface area contributed by atoms with E-state index in [4.69, 9.17) is 0 Å². The predicted molar refractivity (Wildman–Crippen MR) is 92.2 cm³/mol. The number of aromatic amines is 1. The molecule has 0 aliphatic carbocycles. The molecule has 1 aliphatic rings. The van der Waals surface area contributed by atoms with E-state index in [9.17, 15) is 9.59 Å². The first-order valence-corrected chi connectivity index (χ1v) is 8.32. The van der Waals surface area contributed by atoms with Gasteiger partial charge in [-0.3, -0.25) is 14.6 Å². The molecule has 1 N–H and O–H groups in total. The molecule has 3 heterocycles. The van der Waals surface area contributed by atoms with Gasteiger partial charge in [-0.2, -0.15) is 10.1 Å². The average molecular weight is 332 g/mol. The number of carbonyl (C=O) groups excluding carboxylic acids is 1. The third-order valence-corrected chi connectivity index (χ3v) is 4.30. The smallest absolute Gasteiger partial charge is 0.263 e. The zero-order valence-corrected chi connectivity index (χ0v) is 14.7. The zero-order valence-electron chi connectivity index (χ0n) is 14.7. The molecule has 0 aromatic carbocycles. The van der Waals surface area contributed by atoms with E-state index >= 15 is 0 Å². The van der Waals surface area contributed by atoms with Crippen LogP contribution in [0, 0.1) is 0 Å². The molecule has 2 aromatic heterocycles. The number of anilines is 1. The number of piperazine rings is 1. The predicted octanol–water partition coefficient (Wildman–Crippen LogP) is 0.933. The normalized spacial score (nSPS) is 16.0. The summed E-state index contributed by atoms with van der Waals surface area (Å²) in [5.74, 6) is 0.708. The van der Waals surface area contributed by atoms with Gasteiger partial charge in [0.05, 0.1) is 11.7 Å². The maximum atomic E-state index is 12.4. The SMILES string of the molecule is CCC(=O)N1CCN(c2nc3c(cnn3C(C)(C)C)c(=O)[nH]2)CC1. The molecule has 130 valence electrons. The van der Waals surface area contributed by atoms with Crippen molar-refractivity contribution in [2.24, 2.45) is 0 Å². The Morgan fingerprint density at radius 2 is 1.92 bits per heavy atom. The van der Waals surface area contributed by atoms with Gasteiger partial charge in [0.25, 0.3) is 5.56 Å². The minimum atomic E-state index is -0.258. The largest absolute Gasteiger partial charge is 0.339 e. The summed E-state index contributed by atoms with van der Waals surface area (Å²) in [6.07, 6.45) is 2.08. The number of rotatable bonds is 2. The lowest BCUT2D eigenvalue weighted by Crippen LogP contribution is -2.49. The summed E-state index contributed by atoms with van der Waals surface area (Å²) in [6, 6.07) is 0. The number of hydrogen-bond acceptors (Lipinski definition) is 5. The Kier molecular flexibility index (Phi) is 4.06. The monoisotopic (exact) mass is 332 g/mol. The summed E-state index contributed by atoms with van der Waals surface area (Å²) in [4.78, 5) is 35.5. The number of carbonyl (C=O) groups is 1. The molecule has 8 nitrogen and oxygen atoms in total. The molecule has 2 aromatic rings. The van der Waals surface area contributed by atoms with Gasteiger partial charge < -0.3 is 9.80 Å². The van der Waals surface area contributed by atoms with Crippen molar-refractivity contribution < 1.29 is 4.79 Å². The first kappa shape index (κ1) is 16.5. The van der Waals surface area contributed by atoms with Crippen molar-refractivity contribution >= 4 is 22.9 Å². The number of nitrogens with one attached hydrogen (secondary N) is 1. The van der Waals surface area contributed by atoms with E-state index in [1.54, 1.807) is 10.9 Å². The first-order valence-electron chi connectivity index (χ1n) is 8.32. The lowest BCUT2D eigenvalue weighted by atomic mass is 10.1. The average Bonchev–Trinajstić information content (AvgIpc) is 2.99. The van der Waals surface area contributed by atoms with Crippen molar-refractivity contribution in [2.45, 2.75) is 39.7 Å². The third kappa shape index (κ3) is 2.88. The lowest BCUT2D eigenvalue weighted by Gasteiger charge is -2.35. The van der Waals surface area contributed by atoms with E-state index in [2.05, 4.69) is 15.1 Å². The van der Waals surface area contributed by atoms with Crippen LogP contribution in [0.5, 0.6) is 0 Å². The van der Waals surface area contributed by atoms with Gasteiger partial charge >= 0.3 is 0 Å². The first-order chi connectivity index (χ1) is 11.3. The van der Waals surface area contributed by atoms with E-state index in [1.807, 2.05) is 37.5 Å². The molecule has 1 amide bonds. The fraction of sp³-hybridized carbons (Fsp3) is 0.625. The molecule has 8 heteroatoms. The molecule has 24 heavy (non-hydrogen) atoms. The molecular formula is C16H24N6O2. The maximum absolute atomic E-state index is 12.4. The van der Waals surface area contributed by atoms with E-state index in [0.717, 1.165) is 0 Å². The van der Waals surface area contributed by atoms with Gasteiger partial charge in [0.2, 0.25) is 11.9 Å². The van der Waals surface area contributed by atoms with Gasteiger partial charge in [-0.05, 0) is 20.8 Å². The summed E-state index contributed by atoms with van der Waals surface area (Å²) in [6.45, 7) is 10.5. The highest BCUT2D eigenvalue weighted by atomic mass is 16.2. The Morgan fingerprint density at radius 1 is 1.25 bits per heavy atom. The molecule has 1 fully saturated rings. The Labute approximate surface area is 140 Å². The van der Waals surface area contributed by atoms with Crippen LogP contribution in [0.4, 0.5) is 5.95 Å². The van der Waals surface area contributed by atoms with Gasteiger partial charge in [0.1, 0.15) is 5.39 Å². The second-order valence-corrected chi connectivity index (χ2v) is 7.08. The lowest BCUT2D eigenvalue weighted by molar-refractivity contribution is -0.131. The fourth-order valence-electron chi connectivity index (χ4n) is 2.94. The summed E-state index contributed by atoms with van der Waals surface area (Å²) in [5, 5.41) is 4.82. The zero-order chi connectivity index (χ0) is 17.5. The van der Waals surface area contributed by atoms with Crippen molar-refractivity contribution in [2.75, 3.05) is 31.1 Å². The number of H-pyrrole nitrogens is 1. The Balaban J connectivity index is 1.91. The van der Waals surface area contributed by atoms with Crippen LogP contribution in [0.1, 0.15) is 34.1 Å². The van der Waals surface area contributed by atoms with Crippen LogP contribution in [0.15, 0.2) is 11.0 Å².